The van der Waals surface area contributed by atoms with Crippen LogP contribution in [0.1, 0.15) is 16.9 Å². The number of nitrogens with zero attached hydrogens (tertiary/aromatic N) is 1. The number of ketones is 1. The predicted molar refractivity (Wildman–Crippen MR) is 114 cm³/mol. The summed E-state index contributed by atoms with van der Waals surface area (Å²) in [5, 5.41) is 5.20. The van der Waals surface area contributed by atoms with Crippen LogP contribution in [0.2, 0.25) is 0 Å². The van der Waals surface area contributed by atoms with E-state index in [4.69, 9.17) is 4.74 Å². The van der Waals surface area contributed by atoms with Crippen LogP contribution in [-0.4, -0.2) is 76.5 Å². The topological polar surface area (TPSA) is 138 Å². The molecular formula is C20H24N4O6S. The molecule has 2 aromatic rings. The Balaban J connectivity index is 1.61. The third-order valence-corrected chi connectivity index (χ3v) is 5.76. The number of Topliss-reactive ketones (excluding diaryl/α,β-unsaturated/α-hetero) is 1. The lowest BCUT2D eigenvalue weighted by molar-refractivity contribution is -0.123. The summed E-state index contributed by atoms with van der Waals surface area (Å²) in [6, 6.07) is 6.99. The molecule has 0 spiro atoms. The number of aromatic nitrogens is 1. The summed E-state index contributed by atoms with van der Waals surface area (Å²) >= 11 is 0. The maximum absolute atomic E-state index is 12.5. The molecule has 2 unspecified atom stereocenters. The normalized spacial score (nSPS) is 16.6. The lowest BCUT2D eigenvalue weighted by Crippen LogP contribution is -2.44. The van der Waals surface area contributed by atoms with E-state index in [1.54, 1.807) is 24.3 Å². The Morgan fingerprint density at radius 3 is 2.74 bits per heavy atom. The molecule has 31 heavy (non-hydrogen) atoms. The number of H-pyrrole nitrogens is 1. The average Bonchev–Trinajstić information content (AvgIpc) is 3.36. The molecule has 11 heteroatoms. The number of carbonyl (C=O) groups is 4. The minimum atomic E-state index is -1.82. The summed E-state index contributed by atoms with van der Waals surface area (Å²) in [7, 11) is -0.290. The standard InChI is InChI=1S/C20H24N4O6S/c1-30-17-5-3-4-15-14(17)8-16(23-15)19(27)22-9-13(25)11-24(20(28)31(2)29)10-12-6-7-21-18(12)26/h3-5,8,12,23H,6-7,9-11H2,1-2H3,(H,21,26)(H,22,27). The minimum absolute atomic E-state index is 0.00570. The summed E-state index contributed by atoms with van der Waals surface area (Å²) < 4.78 is 16.9. The number of benzene rings is 1. The van der Waals surface area contributed by atoms with Crippen molar-refractivity contribution in [3.8, 4) is 5.75 Å². The Labute approximate surface area is 181 Å². The highest BCUT2D eigenvalue weighted by atomic mass is 32.2. The molecule has 1 aliphatic rings. The van der Waals surface area contributed by atoms with Crippen molar-refractivity contribution < 1.29 is 28.1 Å². The van der Waals surface area contributed by atoms with Gasteiger partial charge in [-0.3, -0.25) is 19.2 Å². The number of aromatic amines is 1. The van der Waals surface area contributed by atoms with Gasteiger partial charge in [0.1, 0.15) is 22.2 Å². The van der Waals surface area contributed by atoms with Crippen LogP contribution >= 0.6 is 0 Å². The van der Waals surface area contributed by atoms with E-state index in [0.717, 1.165) is 10.3 Å². The summed E-state index contributed by atoms with van der Waals surface area (Å²) in [4.78, 5) is 53.0. The molecule has 3 amide bonds. The van der Waals surface area contributed by atoms with Gasteiger partial charge in [0.2, 0.25) is 5.91 Å². The van der Waals surface area contributed by atoms with Crippen molar-refractivity contribution in [3.05, 3.63) is 30.0 Å². The van der Waals surface area contributed by atoms with Crippen molar-refractivity contribution in [2.24, 2.45) is 5.92 Å². The molecule has 2 atom stereocenters. The zero-order valence-corrected chi connectivity index (χ0v) is 18.0. The van der Waals surface area contributed by atoms with Crippen LogP contribution in [0, 0.1) is 5.92 Å². The molecule has 3 N–H and O–H groups in total. The predicted octanol–water partition coefficient (Wildman–Crippen LogP) is 0.412. The monoisotopic (exact) mass is 448 g/mol. The van der Waals surface area contributed by atoms with E-state index >= 15 is 0 Å². The van der Waals surface area contributed by atoms with Crippen molar-refractivity contribution in [2.75, 3.05) is 39.5 Å². The first kappa shape index (κ1) is 22.5. The highest BCUT2D eigenvalue weighted by Gasteiger charge is 2.30. The van der Waals surface area contributed by atoms with Gasteiger partial charge < -0.3 is 25.3 Å². The number of hydrogen-bond donors (Lipinski definition) is 3. The number of hydrogen-bond acceptors (Lipinski definition) is 6. The fraction of sp³-hybridized carbons (Fsp3) is 0.400. The molecule has 1 saturated heterocycles. The van der Waals surface area contributed by atoms with Crippen molar-refractivity contribution in [2.45, 2.75) is 6.42 Å². The maximum atomic E-state index is 12.5. The fourth-order valence-electron chi connectivity index (χ4n) is 3.44. The van der Waals surface area contributed by atoms with Crippen molar-refractivity contribution >= 4 is 44.5 Å². The van der Waals surface area contributed by atoms with E-state index in [1.165, 1.54) is 13.4 Å². The van der Waals surface area contributed by atoms with Crippen molar-refractivity contribution in [1.29, 1.82) is 0 Å². The van der Waals surface area contributed by atoms with Gasteiger partial charge >= 0.3 is 5.24 Å². The maximum Gasteiger partial charge on any atom is 0.312 e. The second-order valence-electron chi connectivity index (χ2n) is 7.20. The van der Waals surface area contributed by atoms with E-state index < -0.39 is 33.6 Å². The number of carbonyl (C=O) groups excluding carboxylic acids is 4. The number of rotatable bonds is 8. The first-order chi connectivity index (χ1) is 14.8. The summed E-state index contributed by atoms with van der Waals surface area (Å²) in [6.45, 7) is -0.156. The van der Waals surface area contributed by atoms with Gasteiger partial charge in [0.15, 0.2) is 5.78 Å². The largest absolute Gasteiger partial charge is 0.496 e. The molecule has 0 radical (unpaired) electrons. The molecular weight excluding hydrogens is 424 g/mol. The molecule has 1 fully saturated rings. The lowest BCUT2D eigenvalue weighted by Gasteiger charge is -2.23. The number of fused-ring (bicyclic) bond motifs is 1. The van der Waals surface area contributed by atoms with Gasteiger partial charge in [0.05, 0.1) is 26.1 Å². The number of methoxy groups -OCH3 is 1. The van der Waals surface area contributed by atoms with Crippen LogP contribution < -0.4 is 15.4 Å². The highest BCUT2D eigenvalue weighted by molar-refractivity contribution is 7.99. The Bertz CT molecular complexity index is 1050. The van der Waals surface area contributed by atoms with Gasteiger partial charge in [-0.25, -0.2) is 4.21 Å². The van der Waals surface area contributed by atoms with Gasteiger partial charge in [-0.1, -0.05) is 6.07 Å². The average molecular weight is 449 g/mol. The number of nitrogens with one attached hydrogen (secondary N) is 3. The molecule has 2 heterocycles. The first-order valence-electron chi connectivity index (χ1n) is 9.65. The summed E-state index contributed by atoms with van der Waals surface area (Å²) in [5.41, 5.74) is 0.977. The Morgan fingerprint density at radius 2 is 2.10 bits per heavy atom. The minimum Gasteiger partial charge on any atom is -0.496 e. The zero-order chi connectivity index (χ0) is 22.5. The number of ether oxygens (including phenoxy) is 1. The third-order valence-electron chi connectivity index (χ3n) is 5.01. The van der Waals surface area contributed by atoms with Crippen LogP contribution in [0.4, 0.5) is 4.79 Å². The van der Waals surface area contributed by atoms with Gasteiger partial charge in [-0.15, -0.1) is 0 Å². The quantitative estimate of drug-likeness (QED) is 0.535. The molecule has 1 aromatic heterocycles. The van der Waals surface area contributed by atoms with Crippen LogP contribution in [0.3, 0.4) is 0 Å². The lowest BCUT2D eigenvalue weighted by atomic mass is 10.1. The second kappa shape index (κ2) is 9.73. The van der Waals surface area contributed by atoms with E-state index in [0.29, 0.717) is 24.2 Å². The molecule has 1 aliphatic heterocycles. The van der Waals surface area contributed by atoms with Gasteiger partial charge in [0, 0.05) is 30.2 Å². The summed E-state index contributed by atoms with van der Waals surface area (Å²) in [5.74, 6) is -0.967. The molecule has 0 bridgehead atoms. The van der Waals surface area contributed by atoms with E-state index in [9.17, 15) is 23.4 Å². The Morgan fingerprint density at radius 1 is 1.32 bits per heavy atom. The van der Waals surface area contributed by atoms with E-state index in [-0.39, 0.29) is 31.2 Å². The smallest absolute Gasteiger partial charge is 0.312 e. The van der Waals surface area contributed by atoms with Gasteiger partial charge in [-0.05, 0) is 24.6 Å². The number of amides is 3. The molecule has 166 valence electrons. The first-order valence-corrected chi connectivity index (χ1v) is 11.2. The SMILES string of the molecule is COc1cccc2[nH]c(C(=O)NCC(=O)CN(CC3CCNC3=O)C(=O)S(C)=O)cc12. The van der Waals surface area contributed by atoms with Crippen LogP contribution in [0.5, 0.6) is 5.75 Å². The van der Waals surface area contributed by atoms with Crippen LogP contribution in [-0.2, 0) is 20.4 Å². The Hall–Kier alpha value is -3.21. The third kappa shape index (κ3) is 5.29. The van der Waals surface area contributed by atoms with Crippen molar-refractivity contribution in [3.63, 3.8) is 0 Å². The molecule has 1 aromatic carbocycles. The van der Waals surface area contributed by atoms with Gasteiger partial charge in [0.25, 0.3) is 5.91 Å². The fourth-order valence-corrected chi connectivity index (χ4v) is 3.94. The zero-order valence-electron chi connectivity index (χ0n) is 17.2. The van der Waals surface area contributed by atoms with E-state index in [1.807, 2.05) is 0 Å². The Kier molecular flexibility index (Phi) is 7.06. The molecule has 0 saturated carbocycles. The van der Waals surface area contributed by atoms with Crippen LogP contribution in [0.15, 0.2) is 24.3 Å². The van der Waals surface area contributed by atoms with Crippen molar-refractivity contribution in [1.82, 2.24) is 20.5 Å². The van der Waals surface area contributed by atoms with E-state index in [2.05, 4.69) is 15.6 Å². The summed E-state index contributed by atoms with van der Waals surface area (Å²) in [6.07, 6.45) is 1.76. The molecule has 3 rings (SSSR count). The van der Waals surface area contributed by atoms with Gasteiger partial charge in [-0.2, -0.15) is 0 Å². The molecule has 0 aliphatic carbocycles. The molecule has 10 nitrogen and oxygen atoms in total. The van der Waals surface area contributed by atoms with Crippen LogP contribution in [0.25, 0.3) is 10.9 Å². The second-order valence-corrected chi connectivity index (χ2v) is 8.46. The highest BCUT2D eigenvalue weighted by Crippen LogP contribution is 2.25.